The van der Waals surface area contributed by atoms with Gasteiger partial charge in [0.15, 0.2) is 5.75 Å². The topological polar surface area (TPSA) is 83.5 Å². The molecule has 0 atom stereocenters. The highest BCUT2D eigenvalue weighted by Gasteiger charge is 2.16. The number of anilines is 1. The third-order valence-electron chi connectivity index (χ3n) is 1.45. The monoisotopic (exact) mass is 233 g/mol. The number of sulfonamides is 1. The van der Waals surface area contributed by atoms with E-state index in [1.165, 1.54) is 18.2 Å². The number of carboxylic acids is 1. The lowest BCUT2D eigenvalue weighted by Crippen LogP contribution is -2.22. The van der Waals surface area contributed by atoms with Crippen LogP contribution in [-0.2, 0) is 14.8 Å². The molecule has 0 aliphatic heterocycles. The smallest absolute Gasteiger partial charge is 0.320 e. The fourth-order valence-corrected chi connectivity index (χ4v) is 1.81. The lowest BCUT2D eigenvalue weighted by molar-refractivity contribution is -0.134. The second kappa shape index (κ2) is 4.26. The van der Waals surface area contributed by atoms with E-state index in [9.17, 15) is 17.6 Å². The van der Waals surface area contributed by atoms with Gasteiger partial charge in [-0.25, -0.2) is 12.8 Å². The molecule has 0 aliphatic carbocycles. The zero-order valence-corrected chi connectivity index (χ0v) is 8.29. The Morgan fingerprint density at radius 2 is 2.00 bits per heavy atom. The number of aliphatic carboxylic acids is 1. The van der Waals surface area contributed by atoms with Crippen LogP contribution in [0.2, 0.25) is 0 Å². The number of rotatable bonds is 4. The Kier molecular flexibility index (Phi) is 3.25. The minimum atomic E-state index is -4.05. The fraction of sp³-hybridized carbons (Fsp3) is 0.125. The zero-order chi connectivity index (χ0) is 11.5. The molecule has 1 aromatic carbocycles. The summed E-state index contributed by atoms with van der Waals surface area (Å²) >= 11 is 0. The summed E-state index contributed by atoms with van der Waals surface area (Å²) in [5, 5.41) is 8.28. The number of halogens is 1. The van der Waals surface area contributed by atoms with Crippen LogP contribution in [0.15, 0.2) is 24.3 Å². The summed E-state index contributed by atoms with van der Waals surface area (Å²) in [6.07, 6.45) is 0. The van der Waals surface area contributed by atoms with Gasteiger partial charge in [-0.05, 0) is 12.1 Å². The Balaban J connectivity index is 2.87. The van der Waals surface area contributed by atoms with Crippen LogP contribution in [0.25, 0.3) is 0 Å². The molecule has 0 amide bonds. The van der Waals surface area contributed by atoms with Crippen molar-refractivity contribution < 1.29 is 22.7 Å². The number of carboxylic acid groups (broad SMARTS) is 1. The summed E-state index contributed by atoms with van der Waals surface area (Å²) in [5.41, 5.74) is -0.265. The average Bonchev–Trinajstić information content (AvgIpc) is 2.06. The Morgan fingerprint density at radius 1 is 1.40 bits per heavy atom. The van der Waals surface area contributed by atoms with E-state index in [0.29, 0.717) is 0 Å². The number of hydrogen-bond donors (Lipinski definition) is 2. The maximum atomic E-state index is 13.0. The van der Waals surface area contributed by atoms with Crippen LogP contribution in [0.1, 0.15) is 0 Å². The van der Waals surface area contributed by atoms with Crippen molar-refractivity contribution in [1.29, 1.82) is 0 Å². The first-order chi connectivity index (χ1) is 6.91. The molecule has 1 aromatic rings. The first-order valence-electron chi connectivity index (χ1n) is 3.87. The van der Waals surface area contributed by atoms with Gasteiger partial charge in [-0.1, -0.05) is 12.1 Å². The number of nitrogens with one attached hydrogen (secondary N) is 1. The van der Waals surface area contributed by atoms with Crippen molar-refractivity contribution in [2.45, 2.75) is 0 Å². The van der Waals surface area contributed by atoms with Crippen molar-refractivity contribution in [3.05, 3.63) is 30.1 Å². The van der Waals surface area contributed by atoms with Gasteiger partial charge in [0.2, 0.25) is 10.0 Å². The largest absolute Gasteiger partial charge is 0.480 e. The van der Waals surface area contributed by atoms with Gasteiger partial charge in [-0.15, -0.1) is 0 Å². The Hall–Kier alpha value is -1.63. The number of para-hydroxylation sites is 1. The normalized spacial score (nSPS) is 11.0. The van der Waals surface area contributed by atoms with Gasteiger partial charge in [-0.2, -0.15) is 0 Å². The average molecular weight is 233 g/mol. The van der Waals surface area contributed by atoms with E-state index in [-0.39, 0.29) is 5.69 Å². The molecule has 0 fully saturated rings. The highest BCUT2D eigenvalue weighted by molar-refractivity contribution is 7.93. The van der Waals surface area contributed by atoms with Crippen LogP contribution in [0.4, 0.5) is 10.1 Å². The van der Waals surface area contributed by atoms with Crippen LogP contribution >= 0.6 is 0 Å². The van der Waals surface area contributed by atoms with Crippen molar-refractivity contribution in [2.24, 2.45) is 0 Å². The second-order valence-electron chi connectivity index (χ2n) is 2.73. The lowest BCUT2D eigenvalue weighted by atomic mass is 10.3. The van der Waals surface area contributed by atoms with Crippen LogP contribution in [0.3, 0.4) is 0 Å². The predicted octanol–water partition coefficient (Wildman–Crippen LogP) is 0.652. The first-order valence-corrected chi connectivity index (χ1v) is 5.53. The van der Waals surface area contributed by atoms with Gasteiger partial charge in [0.25, 0.3) is 0 Å². The van der Waals surface area contributed by atoms with Crippen LogP contribution in [-0.4, -0.2) is 25.2 Å². The molecule has 82 valence electrons. The first kappa shape index (κ1) is 11.4. The molecule has 0 aromatic heterocycles. The van der Waals surface area contributed by atoms with Crippen molar-refractivity contribution >= 4 is 21.7 Å². The van der Waals surface area contributed by atoms with Crippen LogP contribution in [0.5, 0.6) is 0 Å². The summed E-state index contributed by atoms with van der Waals surface area (Å²) < 4.78 is 37.0. The van der Waals surface area contributed by atoms with E-state index in [4.69, 9.17) is 5.11 Å². The molecule has 0 saturated heterocycles. The standard InChI is InChI=1S/C8H8FNO4S/c9-6-3-1-2-4-7(6)10-15(13,14)5-8(11)12/h1-4,10H,5H2,(H,11,12). The third kappa shape index (κ3) is 3.55. The van der Waals surface area contributed by atoms with E-state index >= 15 is 0 Å². The van der Waals surface area contributed by atoms with Gasteiger partial charge in [0.1, 0.15) is 5.82 Å². The van der Waals surface area contributed by atoms with Gasteiger partial charge in [-0.3, -0.25) is 9.52 Å². The molecule has 2 N–H and O–H groups in total. The maximum absolute atomic E-state index is 13.0. The van der Waals surface area contributed by atoms with Crippen molar-refractivity contribution in [3.63, 3.8) is 0 Å². The second-order valence-corrected chi connectivity index (χ2v) is 4.46. The summed E-state index contributed by atoms with van der Waals surface area (Å²) in [4.78, 5) is 10.2. The molecular formula is C8H8FNO4S. The van der Waals surface area contributed by atoms with E-state index < -0.39 is 27.6 Å². The predicted molar refractivity (Wildman–Crippen MR) is 51.4 cm³/mol. The van der Waals surface area contributed by atoms with Gasteiger partial charge >= 0.3 is 5.97 Å². The highest BCUT2D eigenvalue weighted by atomic mass is 32.2. The third-order valence-corrected chi connectivity index (χ3v) is 2.61. The van der Waals surface area contributed by atoms with Crippen molar-refractivity contribution in [1.82, 2.24) is 0 Å². The summed E-state index contributed by atoms with van der Waals surface area (Å²) in [6.45, 7) is 0. The SMILES string of the molecule is O=C(O)CS(=O)(=O)Nc1ccccc1F. The molecule has 0 aliphatic rings. The number of carbonyl (C=O) groups is 1. The number of hydrogen-bond acceptors (Lipinski definition) is 3. The Labute approximate surface area is 85.6 Å². The molecule has 0 radical (unpaired) electrons. The molecule has 0 saturated carbocycles. The molecule has 0 unspecified atom stereocenters. The van der Waals surface area contributed by atoms with E-state index in [0.717, 1.165) is 6.07 Å². The lowest BCUT2D eigenvalue weighted by Gasteiger charge is -2.06. The Morgan fingerprint density at radius 3 is 2.53 bits per heavy atom. The molecule has 1 rings (SSSR count). The highest BCUT2D eigenvalue weighted by Crippen LogP contribution is 2.13. The molecule has 0 spiro atoms. The van der Waals surface area contributed by atoms with E-state index in [2.05, 4.69) is 0 Å². The molecule has 0 heterocycles. The summed E-state index contributed by atoms with van der Waals surface area (Å²) in [7, 11) is -4.05. The van der Waals surface area contributed by atoms with Crippen molar-refractivity contribution in [2.75, 3.05) is 10.5 Å². The quantitative estimate of drug-likeness (QED) is 0.799. The summed E-state index contributed by atoms with van der Waals surface area (Å²) in [5.74, 6) is -3.35. The van der Waals surface area contributed by atoms with E-state index in [1.807, 2.05) is 4.72 Å². The summed E-state index contributed by atoms with van der Waals surface area (Å²) in [6, 6.07) is 5.10. The van der Waals surface area contributed by atoms with Crippen molar-refractivity contribution in [3.8, 4) is 0 Å². The molecule has 5 nitrogen and oxygen atoms in total. The van der Waals surface area contributed by atoms with Gasteiger partial charge < -0.3 is 5.11 Å². The minimum Gasteiger partial charge on any atom is -0.480 e. The molecular weight excluding hydrogens is 225 g/mol. The van der Waals surface area contributed by atoms with Gasteiger partial charge in [0, 0.05) is 0 Å². The molecule has 0 bridgehead atoms. The minimum absolute atomic E-state index is 0.265. The van der Waals surface area contributed by atoms with Gasteiger partial charge in [0.05, 0.1) is 5.69 Å². The zero-order valence-electron chi connectivity index (χ0n) is 7.47. The molecule has 7 heteroatoms. The van der Waals surface area contributed by atoms with Crippen LogP contribution < -0.4 is 4.72 Å². The number of benzene rings is 1. The molecule has 15 heavy (non-hydrogen) atoms. The fourth-order valence-electron chi connectivity index (χ4n) is 0.910. The van der Waals surface area contributed by atoms with Crippen LogP contribution in [0, 0.1) is 5.82 Å². The van der Waals surface area contributed by atoms with E-state index in [1.54, 1.807) is 0 Å². The Bertz CT molecular complexity index is 471. The maximum Gasteiger partial charge on any atom is 0.320 e.